The number of carbonyl (C=O) groups is 2. The second kappa shape index (κ2) is 9.47. The Labute approximate surface area is 170 Å². The molecule has 1 fully saturated rings. The van der Waals surface area contributed by atoms with Gasteiger partial charge in [0.25, 0.3) is 0 Å². The molecule has 0 atom stereocenters. The van der Waals surface area contributed by atoms with E-state index >= 15 is 0 Å². The van der Waals surface area contributed by atoms with Gasteiger partial charge in [0.15, 0.2) is 0 Å². The molecule has 0 spiro atoms. The predicted octanol–water partition coefficient (Wildman–Crippen LogP) is 2.85. The lowest BCUT2D eigenvalue weighted by Crippen LogP contribution is -2.47. The Bertz CT molecular complexity index is 779. The number of piperidine rings is 1. The fourth-order valence-electron chi connectivity index (χ4n) is 3.58. The van der Waals surface area contributed by atoms with Crippen LogP contribution in [0.5, 0.6) is 0 Å². The van der Waals surface area contributed by atoms with E-state index in [0.717, 1.165) is 31.4 Å². The van der Waals surface area contributed by atoms with Gasteiger partial charge in [-0.25, -0.2) is 4.98 Å². The first-order chi connectivity index (χ1) is 13.5. The maximum Gasteiger partial charge on any atom is 0.236 e. The van der Waals surface area contributed by atoms with Crippen LogP contribution >= 0.6 is 11.3 Å². The molecule has 0 bridgehead atoms. The van der Waals surface area contributed by atoms with Crippen LogP contribution in [0.3, 0.4) is 0 Å². The van der Waals surface area contributed by atoms with Gasteiger partial charge in [-0.2, -0.15) is 0 Å². The minimum atomic E-state index is -0.0285. The van der Waals surface area contributed by atoms with Crippen molar-refractivity contribution in [1.82, 2.24) is 20.1 Å². The van der Waals surface area contributed by atoms with Gasteiger partial charge in [-0.1, -0.05) is 19.1 Å². The Morgan fingerprint density at radius 1 is 1.25 bits per heavy atom. The van der Waals surface area contributed by atoms with Crippen molar-refractivity contribution in [3.63, 3.8) is 0 Å². The highest BCUT2D eigenvalue weighted by molar-refractivity contribution is 7.18. The zero-order valence-corrected chi connectivity index (χ0v) is 17.8. The third kappa shape index (κ3) is 5.29. The number of thiazole rings is 1. The van der Waals surface area contributed by atoms with Gasteiger partial charge in [0, 0.05) is 25.0 Å². The first-order valence-corrected chi connectivity index (χ1v) is 10.9. The van der Waals surface area contributed by atoms with Gasteiger partial charge in [-0.05, 0) is 45.4 Å². The Balaban J connectivity index is 1.50. The minimum absolute atomic E-state index is 0.0285. The molecule has 1 N–H and O–H groups in total. The van der Waals surface area contributed by atoms with Crippen LogP contribution in [-0.2, 0) is 9.59 Å². The monoisotopic (exact) mass is 402 g/mol. The molecule has 6 nitrogen and oxygen atoms in total. The van der Waals surface area contributed by atoms with Crippen LogP contribution in [0.2, 0.25) is 0 Å². The number of carbonyl (C=O) groups excluding carboxylic acids is 2. The van der Waals surface area contributed by atoms with Crippen LogP contribution in [0.25, 0.3) is 10.2 Å². The van der Waals surface area contributed by atoms with Gasteiger partial charge in [0.05, 0.1) is 28.3 Å². The highest BCUT2D eigenvalue weighted by atomic mass is 32.1. The van der Waals surface area contributed by atoms with Crippen molar-refractivity contribution in [3.8, 4) is 0 Å². The fraction of sp³-hybridized carbons (Fsp3) is 0.571. The van der Waals surface area contributed by atoms with E-state index in [0.29, 0.717) is 19.0 Å². The molecule has 2 amide bonds. The smallest absolute Gasteiger partial charge is 0.236 e. The van der Waals surface area contributed by atoms with Crippen LogP contribution in [0.15, 0.2) is 24.3 Å². The summed E-state index contributed by atoms with van der Waals surface area (Å²) >= 11 is 1.77. The number of likely N-dealkylation sites (N-methyl/N-ethyl adjacent to an activating group) is 1. The SMILES string of the molecule is CCN(CC(=O)NC(C)C)CC(=O)N1CCC(c2nc3ccccc3s2)CC1. The van der Waals surface area contributed by atoms with E-state index in [1.807, 2.05) is 42.7 Å². The first-order valence-electron chi connectivity index (χ1n) is 10.1. The molecule has 0 unspecified atom stereocenters. The lowest BCUT2D eigenvalue weighted by molar-refractivity contribution is -0.134. The third-order valence-corrected chi connectivity index (χ3v) is 6.33. The average molecular weight is 403 g/mol. The second-order valence-electron chi connectivity index (χ2n) is 7.70. The first kappa shape index (κ1) is 20.7. The third-order valence-electron chi connectivity index (χ3n) is 5.13. The van der Waals surface area contributed by atoms with Gasteiger partial charge in [0.2, 0.25) is 11.8 Å². The molecular weight excluding hydrogens is 372 g/mol. The number of nitrogens with one attached hydrogen (secondary N) is 1. The number of aromatic nitrogens is 1. The van der Waals surface area contributed by atoms with Crippen LogP contribution in [-0.4, -0.2) is 65.4 Å². The summed E-state index contributed by atoms with van der Waals surface area (Å²) in [6.07, 6.45) is 1.90. The summed E-state index contributed by atoms with van der Waals surface area (Å²) in [5.41, 5.74) is 1.07. The quantitative estimate of drug-likeness (QED) is 0.773. The molecule has 1 aromatic heterocycles. The molecule has 0 radical (unpaired) electrons. The molecule has 1 aromatic carbocycles. The summed E-state index contributed by atoms with van der Waals surface area (Å²) in [6, 6.07) is 8.36. The van der Waals surface area contributed by atoms with Gasteiger partial charge >= 0.3 is 0 Å². The Kier molecular flexibility index (Phi) is 7.02. The molecule has 3 rings (SSSR count). The maximum absolute atomic E-state index is 12.7. The summed E-state index contributed by atoms with van der Waals surface area (Å²) in [5, 5.41) is 4.07. The van der Waals surface area contributed by atoms with Crippen LogP contribution in [0, 0.1) is 0 Å². The van der Waals surface area contributed by atoms with Gasteiger partial charge < -0.3 is 10.2 Å². The van der Waals surface area contributed by atoms with Crippen molar-refractivity contribution < 1.29 is 9.59 Å². The Morgan fingerprint density at radius 3 is 2.61 bits per heavy atom. The minimum Gasteiger partial charge on any atom is -0.353 e. The largest absolute Gasteiger partial charge is 0.353 e. The summed E-state index contributed by atoms with van der Waals surface area (Å²) in [7, 11) is 0. The van der Waals surface area contributed by atoms with Crippen LogP contribution < -0.4 is 5.32 Å². The topological polar surface area (TPSA) is 65.5 Å². The molecule has 0 aliphatic carbocycles. The van der Waals surface area contributed by atoms with Crippen LogP contribution in [0.4, 0.5) is 0 Å². The van der Waals surface area contributed by atoms with E-state index in [4.69, 9.17) is 4.98 Å². The fourth-order valence-corrected chi connectivity index (χ4v) is 4.72. The molecule has 7 heteroatoms. The summed E-state index contributed by atoms with van der Waals surface area (Å²) < 4.78 is 1.23. The lowest BCUT2D eigenvalue weighted by Gasteiger charge is -2.32. The second-order valence-corrected chi connectivity index (χ2v) is 8.76. The molecule has 28 heavy (non-hydrogen) atoms. The van der Waals surface area contributed by atoms with E-state index in [9.17, 15) is 9.59 Å². The standard InChI is InChI=1S/C21H30N4O2S/c1-4-24(13-19(26)22-15(2)3)14-20(27)25-11-9-16(10-12-25)21-23-17-7-5-6-8-18(17)28-21/h5-8,15-16H,4,9-14H2,1-3H3,(H,22,26). The Hall–Kier alpha value is -1.99. The summed E-state index contributed by atoms with van der Waals surface area (Å²) in [5.74, 6) is 0.515. The number of amides is 2. The molecule has 1 aliphatic heterocycles. The van der Waals surface area contributed by atoms with Crippen molar-refractivity contribution in [2.75, 3.05) is 32.7 Å². The maximum atomic E-state index is 12.7. The molecule has 1 saturated heterocycles. The molecule has 0 saturated carbocycles. The number of nitrogens with zero attached hydrogens (tertiary/aromatic N) is 3. The van der Waals surface area contributed by atoms with Crippen molar-refractivity contribution >= 4 is 33.4 Å². The van der Waals surface area contributed by atoms with E-state index < -0.39 is 0 Å². The van der Waals surface area contributed by atoms with Gasteiger partial charge in [0.1, 0.15) is 0 Å². The Morgan fingerprint density at radius 2 is 1.96 bits per heavy atom. The van der Waals surface area contributed by atoms with E-state index in [2.05, 4.69) is 17.4 Å². The average Bonchev–Trinajstić information content (AvgIpc) is 3.11. The molecule has 1 aliphatic rings. The zero-order valence-electron chi connectivity index (χ0n) is 17.0. The van der Waals surface area contributed by atoms with E-state index in [1.165, 1.54) is 9.71 Å². The normalized spacial score (nSPS) is 15.5. The highest BCUT2D eigenvalue weighted by Gasteiger charge is 2.27. The molecule has 2 aromatic rings. The molecule has 152 valence electrons. The predicted molar refractivity (Wildman–Crippen MR) is 114 cm³/mol. The van der Waals surface area contributed by atoms with Crippen molar-refractivity contribution in [2.24, 2.45) is 0 Å². The highest BCUT2D eigenvalue weighted by Crippen LogP contribution is 2.33. The number of hydrogen-bond donors (Lipinski definition) is 1. The zero-order chi connectivity index (χ0) is 20.1. The van der Waals surface area contributed by atoms with Crippen molar-refractivity contribution in [2.45, 2.75) is 45.6 Å². The molecular formula is C21H30N4O2S. The van der Waals surface area contributed by atoms with E-state index in [1.54, 1.807) is 11.3 Å². The number of para-hydroxylation sites is 1. The van der Waals surface area contributed by atoms with E-state index in [-0.39, 0.29) is 24.4 Å². The lowest BCUT2D eigenvalue weighted by atomic mass is 9.97. The molecule has 2 heterocycles. The number of fused-ring (bicyclic) bond motifs is 1. The number of rotatable bonds is 7. The van der Waals surface area contributed by atoms with Gasteiger partial charge in [-0.15, -0.1) is 11.3 Å². The number of likely N-dealkylation sites (tertiary alicyclic amines) is 1. The van der Waals surface area contributed by atoms with Crippen molar-refractivity contribution in [1.29, 1.82) is 0 Å². The van der Waals surface area contributed by atoms with Gasteiger partial charge in [-0.3, -0.25) is 14.5 Å². The number of hydrogen-bond acceptors (Lipinski definition) is 5. The summed E-state index contributed by atoms with van der Waals surface area (Å²) in [6.45, 7) is 8.62. The summed E-state index contributed by atoms with van der Waals surface area (Å²) in [4.78, 5) is 33.3. The van der Waals surface area contributed by atoms with Crippen molar-refractivity contribution in [3.05, 3.63) is 29.3 Å². The van der Waals surface area contributed by atoms with Crippen LogP contribution in [0.1, 0.15) is 44.5 Å². The number of benzene rings is 1.